The fourth-order valence-electron chi connectivity index (χ4n) is 1.19. The standard InChI is InChI=1S/C13H25N3O2S/c1-12(2,3)14-9-10-15-16-11(19-10)17-7-8-18-13(4,5)6/h14H,7-9H2,1-6H3. The summed E-state index contributed by atoms with van der Waals surface area (Å²) in [6.07, 6.45) is 0. The van der Waals surface area contributed by atoms with Gasteiger partial charge in [-0.2, -0.15) is 0 Å². The molecule has 0 atom stereocenters. The average molecular weight is 287 g/mol. The predicted octanol–water partition coefficient (Wildman–Crippen LogP) is 2.62. The number of nitrogens with one attached hydrogen (secondary N) is 1. The highest BCUT2D eigenvalue weighted by Crippen LogP contribution is 2.18. The van der Waals surface area contributed by atoms with Gasteiger partial charge < -0.3 is 14.8 Å². The van der Waals surface area contributed by atoms with Crippen LogP contribution in [0.3, 0.4) is 0 Å². The van der Waals surface area contributed by atoms with Crippen molar-refractivity contribution in [1.29, 1.82) is 0 Å². The van der Waals surface area contributed by atoms with Crippen LogP contribution in [-0.4, -0.2) is 34.6 Å². The molecule has 1 aromatic heterocycles. The predicted molar refractivity (Wildman–Crippen MR) is 77.7 cm³/mol. The van der Waals surface area contributed by atoms with Gasteiger partial charge in [-0.1, -0.05) is 11.3 Å². The molecule has 0 amide bonds. The van der Waals surface area contributed by atoms with Crippen LogP contribution in [0.5, 0.6) is 5.19 Å². The largest absolute Gasteiger partial charge is 0.466 e. The third kappa shape index (κ3) is 8.13. The van der Waals surface area contributed by atoms with Gasteiger partial charge in [0.25, 0.3) is 5.19 Å². The minimum atomic E-state index is -0.133. The second-order valence-corrected chi connectivity index (χ2v) is 7.40. The van der Waals surface area contributed by atoms with Crippen molar-refractivity contribution in [3.05, 3.63) is 5.01 Å². The summed E-state index contributed by atoms with van der Waals surface area (Å²) in [7, 11) is 0. The molecule has 0 saturated carbocycles. The molecule has 5 nitrogen and oxygen atoms in total. The van der Waals surface area contributed by atoms with Crippen molar-refractivity contribution in [3.63, 3.8) is 0 Å². The Bertz CT molecular complexity index is 380. The number of hydrogen-bond acceptors (Lipinski definition) is 6. The van der Waals surface area contributed by atoms with E-state index in [9.17, 15) is 0 Å². The molecule has 1 aromatic rings. The van der Waals surface area contributed by atoms with Gasteiger partial charge in [0.15, 0.2) is 0 Å². The molecule has 0 aliphatic rings. The Labute approximate surface area is 119 Å². The van der Waals surface area contributed by atoms with E-state index in [-0.39, 0.29) is 11.1 Å². The van der Waals surface area contributed by atoms with Crippen molar-refractivity contribution in [2.45, 2.75) is 59.2 Å². The topological polar surface area (TPSA) is 56.3 Å². The van der Waals surface area contributed by atoms with Crippen molar-refractivity contribution < 1.29 is 9.47 Å². The molecule has 0 saturated heterocycles. The molecule has 0 radical (unpaired) electrons. The molecule has 0 unspecified atom stereocenters. The minimum absolute atomic E-state index is 0.0766. The van der Waals surface area contributed by atoms with E-state index in [1.54, 1.807) is 0 Å². The zero-order valence-corrected chi connectivity index (χ0v) is 13.6. The lowest BCUT2D eigenvalue weighted by Crippen LogP contribution is -2.35. The van der Waals surface area contributed by atoms with E-state index in [2.05, 4.69) is 36.3 Å². The van der Waals surface area contributed by atoms with Crippen LogP contribution >= 0.6 is 11.3 Å². The summed E-state index contributed by atoms with van der Waals surface area (Å²) in [6.45, 7) is 14.2. The summed E-state index contributed by atoms with van der Waals surface area (Å²) >= 11 is 1.47. The van der Waals surface area contributed by atoms with Crippen LogP contribution in [0.1, 0.15) is 46.6 Å². The number of nitrogens with zero attached hydrogens (tertiary/aromatic N) is 2. The number of aromatic nitrogens is 2. The first-order chi connectivity index (χ1) is 8.66. The number of ether oxygens (including phenoxy) is 2. The van der Waals surface area contributed by atoms with Crippen LogP contribution in [0, 0.1) is 0 Å². The number of rotatable bonds is 6. The van der Waals surface area contributed by atoms with Gasteiger partial charge in [-0.25, -0.2) is 0 Å². The molecule has 1 N–H and O–H groups in total. The highest BCUT2D eigenvalue weighted by molar-refractivity contribution is 7.13. The molecule has 19 heavy (non-hydrogen) atoms. The molecule has 0 fully saturated rings. The Morgan fingerprint density at radius 3 is 2.32 bits per heavy atom. The van der Waals surface area contributed by atoms with E-state index in [1.165, 1.54) is 11.3 Å². The highest BCUT2D eigenvalue weighted by atomic mass is 32.1. The maximum atomic E-state index is 5.57. The van der Waals surface area contributed by atoms with Crippen LogP contribution in [0.25, 0.3) is 0 Å². The van der Waals surface area contributed by atoms with Crippen molar-refractivity contribution in [1.82, 2.24) is 15.5 Å². The summed E-state index contributed by atoms with van der Waals surface area (Å²) in [5, 5.41) is 13.0. The van der Waals surface area contributed by atoms with E-state index >= 15 is 0 Å². The van der Waals surface area contributed by atoms with Gasteiger partial charge in [-0.3, -0.25) is 0 Å². The van der Waals surface area contributed by atoms with E-state index in [1.807, 2.05) is 20.8 Å². The van der Waals surface area contributed by atoms with Crippen LogP contribution in [0.4, 0.5) is 0 Å². The zero-order valence-electron chi connectivity index (χ0n) is 12.7. The van der Waals surface area contributed by atoms with Crippen molar-refractivity contribution in [2.75, 3.05) is 13.2 Å². The molecule has 1 rings (SSSR count). The quantitative estimate of drug-likeness (QED) is 0.815. The molecule has 0 spiro atoms. The van der Waals surface area contributed by atoms with Gasteiger partial charge in [-0.05, 0) is 41.5 Å². The number of hydrogen-bond donors (Lipinski definition) is 1. The van der Waals surface area contributed by atoms with E-state index in [0.717, 1.165) is 5.01 Å². The van der Waals surface area contributed by atoms with Crippen LogP contribution in [0.2, 0.25) is 0 Å². The lowest BCUT2D eigenvalue weighted by atomic mass is 10.1. The Morgan fingerprint density at radius 2 is 1.74 bits per heavy atom. The Morgan fingerprint density at radius 1 is 1.05 bits per heavy atom. The van der Waals surface area contributed by atoms with Gasteiger partial charge in [0.2, 0.25) is 0 Å². The van der Waals surface area contributed by atoms with Gasteiger partial charge in [0.05, 0.1) is 18.8 Å². The Balaban J connectivity index is 2.27. The fourth-order valence-corrected chi connectivity index (χ4v) is 1.84. The summed E-state index contributed by atoms with van der Waals surface area (Å²) in [6, 6.07) is 0. The molecule has 0 aliphatic heterocycles. The van der Waals surface area contributed by atoms with Crippen molar-refractivity contribution >= 4 is 11.3 Å². The molecule has 110 valence electrons. The Hall–Kier alpha value is -0.720. The SMILES string of the molecule is CC(C)(C)NCc1nnc(OCCOC(C)(C)C)s1. The van der Waals surface area contributed by atoms with Gasteiger partial charge in [-0.15, -0.1) is 10.2 Å². The third-order valence-electron chi connectivity index (χ3n) is 2.06. The Kier molecular flexibility index (Phi) is 5.70. The minimum Gasteiger partial charge on any atom is -0.466 e. The smallest absolute Gasteiger partial charge is 0.294 e. The first kappa shape index (κ1) is 16.3. The van der Waals surface area contributed by atoms with Gasteiger partial charge in [0, 0.05) is 5.54 Å². The zero-order chi connectivity index (χ0) is 14.5. The molecular weight excluding hydrogens is 262 g/mol. The molecule has 0 aromatic carbocycles. The lowest BCUT2D eigenvalue weighted by molar-refractivity contribution is -0.0163. The summed E-state index contributed by atoms with van der Waals surface area (Å²) in [5.41, 5.74) is -0.0560. The summed E-state index contributed by atoms with van der Waals surface area (Å²) in [4.78, 5) is 0. The van der Waals surface area contributed by atoms with Crippen LogP contribution < -0.4 is 10.1 Å². The second-order valence-electron chi connectivity index (χ2n) is 6.37. The van der Waals surface area contributed by atoms with Crippen molar-refractivity contribution in [2.24, 2.45) is 0 Å². The van der Waals surface area contributed by atoms with Gasteiger partial charge in [0.1, 0.15) is 11.6 Å². The second kappa shape index (κ2) is 6.63. The van der Waals surface area contributed by atoms with Crippen LogP contribution in [-0.2, 0) is 11.3 Å². The average Bonchev–Trinajstić information content (AvgIpc) is 2.67. The molecule has 0 bridgehead atoms. The van der Waals surface area contributed by atoms with E-state index < -0.39 is 0 Å². The molecule has 1 heterocycles. The first-order valence-electron chi connectivity index (χ1n) is 6.50. The maximum Gasteiger partial charge on any atom is 0.294 e. The summed E-state index contributed by atoms with van der Waals surface area (Å²) < 4.78 is 11.1. The van der Waals surface area contributed by atoms with E-state index in [0.29, 0.717) is 25.0 Å². The molecule has 6 heteroatoms. The first-order valence-corrected chi connectivity index (χ1v) is 7.31. The summed E-state index contributed by atoms with van der Waals surface area (Å²) in [5.74, 6) is 0. The van der Waals surface area contributed by atoms with E-state index in [4.69, 9.17) is 9.47 Å². The third-order valence-corrected chi connectivity index (χ3v) is 2.90. The monoisotopic (exact) mass is 287 g/mol. The fraction of sp³-hybridized carbons (Fsp3) is 0.846. The van der Waals surface area contributed by atoms with Gasteiger partial charge >= 0.3 is 0 Å². The highest BCUT2D eigenvalue weighted by Gasteiger charge is 2.12. The van der Waals surface area contributed by atoms with Crippen LogP contribution in [0.15, 0.2) is 0 Å². The molecular formula is C13H25N3O2S. The van der Waals surface area contributed by atoms with Crippen molar-refractivity contribution in [3.8, 4) is 5.19 Å². The molecule has 0 aliphatic carbocycles. The maximum absolute atomic E-state index is 5.57. The lowest BCUT2D eigenvalue weighted by Gasteiger charge is -2.19. The normalized spacial score (nSPS) is 12.7.